The lowest BCUT2D eigenvalue weighted by Crippen LogP contribution is -2.38. The first-order chi connectivity index (χ1) is 8.29. The van der Waals surface area contributed by atoms with Gasteiger partial charge in [-0.25, -0.2) is 4.79 Å². The minimum Gasteiger partial charge on any atom is -0.392 e. The molecule has 1 aromatic rings. The molecule has 1 atom stereocenters. The third kappa shape index (κ3) is 3.18. The first kappa shape index (κ1) is 11.9. The van der Waals surface area contributed by atoms with Gasteiger partial charge in [0.1, 0.15) is 0 Å². The predicted octanol–water partition coefficient (Wildman–Crippen LogP) is 1.09. The summed E-state index contributed by atoms with van der Waals surface area (Å²) in [5, 5.41) is 14.7. The highest BCUT2D eigenvalue weighted by molar-refractivity contribution is 5.90. The van der Waals surface area contributed by atoms with Gasteiger partial charge in [0.15, 0.2) is 0 Å². The Labute approximate surface area is 99.8 Å². The van der Waals surface area contributed by atoms with E-state index in [9.17, 15) is 4.79 Å². The van der Waals surface area contributed by atoms with Crippen LogP contribution in [0.5, 0.6) is 0 Å². The maximum Gasteiger partial charge on any atom is 0.319 e. The summed E-state index contributed by atoms with van der Waals surface area (Å²) in [5.41, 5.74) is 1.33. The molecule has 1 aliphatic heterocycles. The number of amides is 2. The van der Waals surface area contributed by atoms with Gasteiger partial charge < -0.3 is 20.5 Å². The highest BCUT2D eigenvalue weighted by Gasteiger charge is 2.17. The number of aliphatic hydroxyl groups excluding tert-OH is 1. The molecule has 0 spiro atoms. The summed E-state index contributed by atoms with van der Waals surface area (Å²) < 4.78 is 5.17. The number of nitrogens with one attached hydrogen (secondary N) is 2. The molecule has 1 fully saturated rings. The summed E-state index contributed by atoms with van der Waals surface area (Å²) >= 11 is 0. The van der Waals surface area contributed by atoms with Gasteiger partial charge in [-0.3, -0.25) is 0 Å². The molecular formula is C12H16N2O3. The highest BCUT2D eigenvalue weighted by Crippen LogP contribution is 2.14. The zero-order valence-corrected chi connectivity index (χ0v) is 9.48. The molecule has 5 nitrogen and oxygen atoms in total. The van der Waals surface area contributed by atoms with Gasteiger partial charge in [0, 0.05) is 17.9 Å². The average Bonchev–Trinajstić information content (AvgIpc) is 2.82. The second kappa shape index (κ2) is 5.65. The fourth-order valence-electron chi connectivity index (χ4n) is 1.77. The molecule has 1 heterocycles. The molecule has 92 valence electrons. The van der Waals surface area contributed by atoms with Crippen LogP contribution in [0.3, 0.4) is 0 Å². The van der Waals surface area contributed by atoms with Crippen molar-refractivity contribution in [3.8, 4) is 0 Å². The van der Waals surface area contributed by atoms with E-state index in [0.717, 1.165) is 6.42 Å². The fraction of sp³-hybridized carbons (Fsp3) is 0.417. The molecule has 2 rings (SSSR count). The lowest BCUT2D eigenvalue weighted by atomic mass is 10.2. The van der Waals surface area contributed by atoms with Crippen LogP contribution in [-0.4, -0.2) is 30.4 Å². The van der Waals surface area contributed by atoms with E-state index in [4.69, 9.17) is 9.84 Å². The Kier molecular flexibility index (Phi) is 3.95. The molecule has 1 aliphatic rings. The number of hydrogen-bond donors (Lipinski definition) is 3. The molecule has 5 heteroatoms. The van der Waals surface area contributed by atoms with E-state index in [0.29, 0.717) is 24.5 Å². The SMILES string of the molecule is O=C(Nc1ccccc1CO)NC1CCOC1. The molecule has 0 aromatic heterocycles. The number of ether oxygens (including phenoxy) is 1. The normalized spacial score (nSPS) is 19.0. The summed E-state index contributed by atoms with van der Waals surface area (Å²) in [6.07, 6.45) is 0.842. The summed E-state index contributed by atoms with van der Waals surface area (Å²) in [6, 6.07) is 6.98. The maximum atomic E-state index is 11.7. The van der Waals surface area contributed by atoms with Gasteiger partial charge in [-0.2, -0.15) is 0 Å². The second-order valence-electron chi connectivity index (χ2n) is 3.97. The van der Waals surface area contributed by atoms with Gasteiger partial charge >= 0.3 is 6.03 Å². The first-order valence-electron chi connectivity index (χ1n) is 5.63. The van der Waals surface area contributed by atoms with Crippen molar-refractivity contribution in [2.45, 2.75) is 19.1 Å². The third-order valence-corrected chi connectivity index (χ3v) is 2.70. The van der Waals surface area contributed by atoms with Crippen molar-refractivity contribution in [1.29, 1.82) is 0 Å². The summed E-state index contributed by atoms with van der Waals surface area (Å²) in [7, 11) is 0. The van der Waals surface area contributed by atoms with Crippen molar-refractivity contribution >= 4 is 11.7 Å². The lowest BCUT2D eigenvalue weighted by Gasteiger charge is -2.13. The molecule has 2 amide bonds. The Morgan fingerprint density at radius 2 is 2.29 bits per heavy atom. The van der Waals surface area contributed by atoms with E-state index >= 15 is 0 Å². The van der Waals surface area contributed by atoms with Crippen LogP contribution in [0.1, 0.15) is 12.0 Å². The molecule has 0 bridgehead atoms. The quantitative estimate of drug-likeness (QED) is 0.735. The van der Waals surface area contributed by atoms with E-state index in [2.05, 4.69) is 10.6 Å². The zero-order chi connectivity index (χ0) is 12.1. The number of aliphatic hydroxyl groups is 1. The van der Waals surface area contributed by atoms with E-state index in [1.165, 1.54) is 0 Å². The van der Waals surface area contributed by atoms with Crippen LogP contribution >= 0.6 is 0 Å². The lowest BCUT2D eigenvalue weighted by molar-refractivity contribution is 0.189. The Morgan fingerprint density at radius 3 is 3.00 bits per heavy atom. The largest absolute Gasteiger partial charge is 0.392 e. The molecule has 17 heavy (non-hydrogen) atoms. The van der Waals surface area contributed by atoms with Gasteiger partial charge in [-0.1, -0.05) is 18.2 Å². The molecule has 3 N–H and O–H groups in total. The van der Waals surface area contributed by atoms with E-state index < -0.39 is 0 Å². The maximum absolute atomic E-state index is 11.7. The number of anilines is 1. The van der Waals surface area contributed by atoms with E-state index in [1.54, 1.807) is 12.1 Å². The monoisotopic (exact) mass is 236 g/mol. The van der Waals surface area contributed by atoms with Crippen molar-refractivity contribution < 1.29 is 14.6 Å². The third-order valence-electron chi connectivity index (χ3n) is 2.70. The number of benzene rings is 1. The topological polar surface area (TPSA) is 70.6 Å². The number of carbonyl (C=O) groups is 1. The van der Waals surface area contributed by atoms with Crippen LogP contribution in [0.4, 0.5) is 10.5 Å². The van der Waals surface area contributed by atoms with Gasteiger partial charge in [-0.15, -0.1) is 0 Å². The van der Waals surface area contributed by atoms with Gasteiger partial charge in [-0.05, 0) is 12.5 Å². The van der Waals surface area contributed by atoms with Gasteiger partial charge in [0.05, 0.1) is 19.3 Å². The van der Waals surface area contributed by atoms with Crippen LogP contribution in [0.25, 0.3) is 0 Å². The molecule has 0 radical (unpaired) electrons. The summed E-state index contributed by atoms with van der Waals surface area (Å²) in [5.74, 6) is 0. The van der Waals surface area contributed by atoms with Crippen molar-refractivity contribution in [2.24, 2.45) is 0 Å². The Balaban J connectivity index is 1.92. The van der Waals surface area contributed by atoms with Crippen molar-refractivity contribution in [3.05, 3.63) is 29.8 Å². The van der Waals surface area contributed by atoms with E-state index in [1.807, 2.05) is 12.1 Å². The van der Waals surface area contributed by atoms with Crippen molar-refractivity contribution in [3.63, 3.8) is 0 Å². The smallest absolute Gasteiger partial charge is 0.319 e. The van der Waals surface area contributed by atoms with Gasteiger partial charge in [0.2, 0.25) is 0 Å². The van der Waals surface area contributed by atoms with Gasteiger partial charge in [0.25, 0.3) is 0 Å². The molecular weight excluding hydrogens is 220 g/mol. The zero-order valence-electron chi connectivity index (χ0n) is 9.48. The number of rotatable bonds is 3. The molecule has 0 saturated carbocycles. The Morgan fingerprint density at radius 1 is 1.47 bits per heavy atom. The van der Waals surface area contributed by atoms with E-state index in [-0.39, 0.29) is 18.7 Å². The van der Waals surface area contributed by atoms with Crippen molar-refractivity contribution in [2.75, 3.05) is 18.5 Å². The summed E-state index contributed by atoms with van der Waals surface area (Å²) in [4.78, 5) is 11.7. The molecule has 0 aliphatic carbocycles. The fourth-order valence-corrected chi connectivity index (χ4v) is 1.77. The van der Waals surface area contributed by atoms with Crippen LogP contribution in [0.2, 0.25) is 0 Å². The predicted molar refractivity (Wildman–Crippen MR) is 63.7 cm³/mol. The number of carbonyl (C=O) groups excluding carboxylic acids is 1. The number of hydrogen-bond acceptors (Lipinski definition) is 3. The molecule has 1 aromatic carbocycles. The number of para-hydroxylation sites is 1. The van der Waals surface area contributed by atoms with Crippen LogP contribution in [0, 0.1) is 0 Å². The Bertz CT molecular complexity index is 389. The number of urea groups is 1. The first-order valence-corrected chi connectivity index (χ1v) is 5.63. The Hall–Kier alpha value is -1.59. The summed E-state index contributed by atoms with van der Waals surface area (Å²) in [6.45, 7) is 1.16. The molecule has 1 saturated heterocycles. The highest BCUT2D eigenvalue weighted by atomic mass is 16.5. The average molecular weight is 236 g/mol. The van der Waals surface area contributed by atoms with Crippen LogP contribution < -0.4 is 10.6 Å². The minimum atomic E-state index is -0.263. The minimum absolute atomic E-state index is 0.0799. The van der Waals surface area contributed by atoms with Crippen molar-refractivity contribution in [1.82, 2.24) is 5.32 Å². The standard InChI is InChI=1S/C12H16N2O3/c15-7-9-3-1-2-4-11(9)14-12(16)13-10-5-6-17-8-10/h1-4,10,15H,5-8H2,(H2,13,14,16). The second-order valence-corrected chi connectivity index (χ2v) is 3.97. The van der Waals surface area contributed by atoms with Crippen LogP contribution in [-0.2, 0) is 11.3 Å². The van der Waals surface area contributed by atoms with Crippen LogP contribution in [0.15, 0.2) is 24.3 Å². The molecule has 1 unspecified atom stereocenters.